The van der Waals surface area contributed by atoms with Gasteiger partial charge in [0.15, 0.2) is 46.5 Å². The van der Waals surface area contributed by atoms with Crippen LogP contribution in [0.15, 0.2) is 10.8 Å². The van der Waals surface area contributed by atoms with Gasteiger partial charge >= 0.3 is 0 Å². The molecule has 0 spiro atoms. The van der Waals surface area contributed by atoms with Gasteiger partial charge in [0, 0.05) is 0 Å². The lowest BCUT2D eigenvalue weighted by molar-refractivity contribution is 0.380. The van der Waals surface area contributed by atoms with Gasteiger partial charge in [-0.05, 0) is 57.6 Å². The number of fused-ring (bicyclic) bond motifs is 1. The zero-order valence-corrected chi connectivity index (χ0v) is 17.2. The molecule has 0 unspecified atom stereocenters. The van der Waals surface area contributed by atoms with Crippen molar-refractivity contribution in [2.24, 2.45) is 0 Å². The molecule has 0 saturated heterocycles. The molecule has 0 fully saturated rings. The number of halogens is 10. The van der Waals surface area contributed by atoms with Crippen molar-refractivity contribution in [3.05, 3.63) is 80.1 Å². The molecular weight excluding hydrogens is 486 g/mol. The number of benzene rings is 3. The Labute approximate surface area is 182 Å². The van der Waals surface area contributed by atoms with Crippen LogP contribution in [-0.4, -0.2) is 0 Å². The average molecular weight is 494 g/mol. The minimum absolute atomic E-state index is 0.195. The van der Waals surface area contributed by atoms with Gasteiger partial charge in [0.1, 0.15) is 0 Å². The van der Waals surface area contributed by atoms with Gasteiger partial charge in [0.05, 0.1) is 11.1 Å². The molecule has 1 heterocycles. The molecule has 0 amide bonds. The predicted molar refractivity (Wildman–Crippen MR) is 102 cm³/mol. The summed E-state index contributed by atoms with van der Waals surface area (Å²) in [6.45, 7) is 2.33. The first-order chi connectivity index (χ1) is 15.4. The highest BCUT2D eigenvalue weighted by atomic mass is 32.1. The van der Waals surface area contributed by atoms with Crippen molar-refractivity contribution in [3.8, 4) is 22.3 Å². The molecule has 0 N–H and O–H groups in total. The van der Waals surface area contributed by atoms with Gasteiger partial charge in [0.2, 0.25) is 11.6 Å². The Morgan fingerprint density at radius 2 is 0.636 bits per heavy atom. The van der Waals surface area contributed by atoms with Crippen molar-refractivity contribution in [1.82, 2.24) is 0 Å². The van der Waals surface area contributed by atoms with Crippen LogP contribution in [-0.2, 0) is 0 Å². The van der Waals surface area contributed by atoms with Gasteiger partial charge in [-0.2, -0.15) is 11.3 Å². The maximum absolute atomic E-state index is 14.7. The van der Waals surface area contributed by atoms with Crippen LogP contribution in [0.3, 0.4) is 0 Å². The standard InChI is InChI=1S/C22H8F10S/c1-5-7-3-33-4-8(7)6(2)10(12-15(25)19(29)22(32)20(30)16(12)26)9(5)11-13(23)17(27)21(31)18(28)14(11)24/h3-4H,1-2H3. The van der Waals surface area contributed by atoms with E-state index in [9.17, 15) is 43.9 Å². The summed E-state index contributed by atoms with van der Waals surface area (Å²) in [6.07, 6.45) is 0. The summed E-state index contributed by atoms with van der Waals surface area (Å²) < 4.78 is 142. The van der Waals surface area contributed by atoms with Crippen LogP contribution in [0.1, 0.15) is 11.1 Å². The van der Waals surface area contributed by atoms with Crippen LogP contribution >= 0.6 is 11.3 Å². The van der Waals surface area contributed by atoms with Gasteiger partial charge in [-0.25, -0.2) is 43.9 Å². The Kier molecular flexibility index (Phi) is 5.43. The molecule has 0 aliphatic rings. The molecule has 11 heteroatoms. The van der Waals surface area contributed by atoms with Crippen molar-refractivity contribution < 1.29 is 43.9 Å². The molecule has 0 radical (unpaired) electrons. The molecule has 33 heavy (non-hydrogen) atoms. The number of hydrogen-bond acceptors (Lipinski definition) is 1. The highest BCUT2D eigenvalue weighted by molar-refractivity contribution is 7.09. The van der Waals surface area contributed by atoms with Crippen LogP contribution in [0.2, 0.25) is 0 Å². The van der Waals surface area contributed by atoms with E-state index in [2.05, 4.69) is 0 Å². The quantitative estimate of drug-likeness (QED) is 0.150. The Balaban J connectivity index is 2.33. The third-order valence-electron chi connectivity index (χ3n) is 5.39. The highest BCUT2D eigenvalue weighted by Gasteiger charge is 2.34. The molecule has 0 atom stereocenters. The number of rotatable bonds is 2. The van der Waals surface area contributed by atoms with Crippen molar-refractivity contribution in [1.29, 1.82) is 0 Å². The smallest absolute Gasteiger partial charge is 0.200 e. The van der Waals surface area contributed by atoms with Crippen molar-refractivity contribution in [2.75, 3.05) is 0 Å². The van der Waals surface area contributed by atoms with Crippen molar-refractivity contribution in [2.45, 2.75) is 13.8 Å². The SMILES string of the molecule is Cc1c(-c2c(F)c(F)c(F)c(F)c2F)c(-c2c(F)c(F)c(F)c(F)c2F)c(C)c2cscc12. The lowest BCUT2D eigenvalue weighted by atomic mass is 9.84. The molecule has 0 aliphatic carbocycles. The van der Waals surface area contributed by atoms with E-state index in [4.69, 9.17) is 0 Å². The highest BCUT2D eigenvalue weighted by Crippen LogP contribution is 2.47. The summed E-state index contributed by atoms with van der Waals surface area (Å²) in [6, 6.07) is 0. The summed E-state index contributed by atoms with van der Waals surface area (Å²) in [5, 5.41) is 3.33. The Hall–Kier alpha value is -3.08. The molecular formula is C22H8F10S. The molecule has 0 aliphatic heterocycles. The van der Waals surface area contributed by atoms with Crippen LogP contribution in [0, 0.1) is 72.0 Å². The van der Waals surface area contributed by atoms with Gasteiger partial charge in [-0.15, -0.1) is 0 Å². The lowest BCUT2D eigenvalue weighted by Crippen LogP contribution is -2.09. The first kappa shape index (κ1) is 23.1. The monoisotopic (exact) mass is 494 g/mol. The molecule has 172 valence electrons. The minimum atomic E-state index is -2.47. The molecule has 0 nitrogen and oxygen atoms in total. The number of hydrogen-bond donors (Lipinski definition) is 0. The molecule has 4 aromatic rings. The average Bonchev–Trinajstić information content (AvgIpc) is 3.29. The Bertz CT molecular complexity index is 1320. The van der Waals surface area contributed by atoms with E-state index < -0.39 is 80.4 Å². The largest absolute Gasteiger partial charge is 0.203 e. The molecule has 3 aromatic carbocycles. The summed E-state index contributed by atoms with van der Waals surface area (Å²) in [7, 11) is 0. The molecule has 0 saturated carbocycles. The summed E-state index contributed by atoms with van der Waals surface area (Å²) in [5.41, 5.74) is -5.29. The first-order valence-corrected chi connectivity index (χ1v) is 9.88. The van der Waals surface area contributed by atoms with Crippen LogP contribution in [0.4, 0.5) is 43.9 Å². The summed E-state index contributed by atoms with van der Waals surface area (Å²) >= 11 is 1.03. The predicted octanol–water partition coefficient (Wildman–Crippen LogP) is 8.24. The second kappa shape index (κ2) is 7.75. The van der Waals surface area contributed by atoms with E-state index in [0.717, 1.165) is 25.2 Å². The van der Waals surface area contributed by atoms with E-state index in [0.29, 0.717) is 0 Å². The van der Waals surface area contributed by atoms with Gasteiger partial charge < -0.3 is 0 Å². The zero-order valence-electron chi connectivity index (χ0n) is 16.3. The van der Waals surface area contributed by atoms with Gasteiger partial charge in [0.25, 0.3) is 0 Å². The fourth-order valence-corrected chi connectivity index (χ4v) is 4.74. The van der Waals surface area contributed by atoms with E-state index in [-0.39, 0.29) is 21.9 Å². The topological polar surface area (TPSA) is 0 Å². The third-order valence-corrected chi connectivity index (χ3v) is 6.13. The number of thiophene rings is 1. The second-order valence-electron chi connectivity index (χ2n) is 7.09. The first-order valence-electron chi connectivity index (χ1n) is 8.94. The lowest BCUT2D eigenvalue weighted by Gasteiger charge is -2.21. The third kappa shape index (κ3) is 3.05. The molecule has 0 bridgehead atoms. The fraction of sp³-hybridized carbons (Fsp3) is 0.0909. The normalized spacial score (nSPS) is 11.6. The molecule has 1 aromatic heterocycles. The van der Waals surface area contributed by atoms with Crippen LogP contribution < -0.4 is 0 Å². The van der Waals surface area contributed by atoms with Crippen LogP contribution in [0.25, 0.3) is 33.0 Å². The van der Waals surface area contributed by atoms with Crippen LogP contribution in [0.5, 0.6) is 0 Å². The minimum Gasteiger partial charge on any atom is -0.203 e. The number of aryl methyl sites for hydroxylation is 2. The molecule has 4 rings (SSSR count). The van der Waals surface area contributed by atoms with E-state index in [1.807, 2.05) is 0 Å². The van der Waals surface area contributed by atoms with E-state index in [1.165, 1.54) is 10.8 Å². The summed E-state index contributed by atoms with van der Waals surface area (Å²) in [5.74, 6) is -23.6. The van der Waals surface area contributed by atoms with Crippen molar-refractivity contribution >= 4 is 22.1 Å². The fourth-order valence-electron chi connectivity index (χ4n) is 3.80. The van der Waals surface area contributed by atoms with E-state index in [1.54, 1.807) is 0 Å². The Morgan fingerprint density at radius 1 is 0.394 bits per heavy atom. The maximum atomic E-state index is 14.7. The van der Waals surface area contributed by atoms with Gasteiger partial charge in [-0.3, -0.25) is 0 Å². The Morgan fingerprint density at radius 3 is 0.909 bits per heavy atom. The zero-order chi connectivity index (χ0) is 24.5. The van der Waals surface area contributed by atoms with Crippen molar-refractivity contribution in [3.63, 3.8) is 0 Å². The maximum Gasteiger partial charge on any atom is 0.200 e. The summed E-state index contributed by atoms with van der Waals surface area (Å²) in [4.78, 5) is 0. The van der Waals surface area contributed by atoms with Gasteiger partial charge in [-0.1, -0.05) is 0 Å². The second-order valence-corrected chi connectivity index (χ2v) is 7.83. The van der Waals surface area contributed by atoms with E-state index >= 15 is 0 Å².